The van der Waals surface area contributed by atoms with E-state index >= 15 is 0 Å². The van der Waals surface area contributed by atoms with Crippen LogP contribution in [-0.2, 0) is 20.1 Å². The predicted octanol–water partition coefficient (Wildman–Crippen LogP) is 9.15. The largest absolute Gasteiger partial charge is 3.00 e. The number of hydrogen-bond donors (Lipinski definition) is 0. The fourth-order valence-electron chi connectivity index (χ4n) is 5.78. The molecule has 0 radical (unpaired) electrons. The van der Waals surface area contributed by atoms with Crippen molar-refractivity contribution in [2.24, 2.45) is 0 Å². The van der Waals surface area contributed by atoms with E-state index in [2.05, 4.69) is 114 Å². The van der Waals surface area contributed by atoms with Crippen LogP contribution in [0.2, 0.25) is 0 Å². The van der Waals surface area contributed by atoms with Crippen molar-refractivity contribution in [1.29, 1.82) is 0 Å². The third-order valence-corrected chi connectivity index (χ3v) is 8.02. The summed E-state index contributed by atoms with van der Waals surface area (Å²) in [5, 5.41) is 17.3. The van der Waals surface area contributed by atoms with Crippen molar-refractivity contribution in [2.45, 2.75) is 0 Å². The third-order valence-electron chi connectivity index (χ3n) is 8.02. The molecule has 6 aromatic carbocycles. The molecule has 9 aromatic rings. The summed E-state index contributed by atoms with van der Waals surface area (Å²) in [6.07, 6.45) is 1.41. The van der Waals surface area contributed by atoms with Crippen LogP contribution in [0.15, 0.2) is 170 Å². The number of fused-ring (bicyclic) bond motifs is 6. The maximum atomic E-state index is 10.0. The summed E-state index contributed by atoms with van der Waals surface area (Å²) < 4.78 is 0. The summed E-state index contributed by atoms with van der Waals surface area (Å²) in [6, 6.07) is 60.6. The molecule has 0 spiro atoms. The topological polar surface area (TPSA) is 78.8 Å². The fraction of sp³-hybridized carbons (Fsp3) is 0. The summed E-state index contributed by atoms with van der Waals surface area (Å²) in [6.45, 7) is 0. The van der Waals surface area contributed by atoms with Gasteiger partial charge >= 0.3 is 20.1 Å². The minimum absolute atomic E-state index is 0. The van der Waals surface area contributed by atoms with Crippen LogP contribution < -0.4 is 5.11 Å². The average Bonchev–Trinajstić information content (AvgIpc) is 3.19. The second kappa shape index (κ2) is 15.9. The van der Waals surface area contributed by atoms with Gasteiger partial charge in [0.2, 0.25) is 0 Å². The van der Waals surface area contributed by atoms with Crippen molar-refractivity contribution in [3.05, 3.63) is 188 Å². The molecule has 0 bridgehead atoms. The SMILES string of the molecule is O=C([O-])c1ccccn1.[Ir+3].[c-]1ccccc1-c1nc2ccccc2c2ccccc12.[c-]1ccccc1-c1nc2ccccc2c2ccccc12. The van der Waals surface area contributed by atoms with Crippen LogP contribution in [0.1, 0.15) is 10.5 Å². The monoisotopic (exact) mass is 823 g/mol. The molecule has 3 aromatic heterocycles. The number of para-hydroxylation sites is 2. The normalized spacial score (nSPS) is 10.4. The van der Waals surface area contributed by atoms with Crippen molar-refractivity contribution in [3.63, 3.8) is 0 Å². The Balaban J connectivity index is 0.000000138. The molecule has 0 aliphatic rings. The quantitative estimate of drug-likeness (QED) is 0.131. The molecule has 240 valence electrons. The van der Waals surface area contributed by atoms with Gasteiger partial charge in [-0.1, -0.05) is 91.0 Å². The van der Waals surface area contributed by atoms with Crippen LogP contribution in [0.25, 0.3) is 65.9 Å². The molecule has 9 rings (SSSR count). The molecule has 0 atom stereocenters. The van der Waals surface area contributed by atoms with Gasteiger partial charge < -0.3 is 9.90 Å². The molecule has 5 nitrogen and oxygen atoms in total. The van der Waals surface area contributed by atoms with E-state index in [1.165, 1.54) is 44.6 Å². The zero-order valence-corrected chi connectivity index (χ0v) is 29.1. The number of carbonyl (C=O) groups is 1. The number of aromatic carboxylic acids is 1. The Bertz CT molecular complexity index is 2370. The van der Waals surface area contributed by atoms with Crippen molar-refractivity contribution in [2.75, 3.05) is 0 Å². The smallest absolute Gasteiger partial charge is 0.543 e. The Morgan fingerprint density at radius 1 is 0.460 bits per heavy atom. The molecule has 0 unspecified atom stereocenters. The Kier molecular flexibility index (Phi) is 10.7. The first-order valence-electron chi connectivity index (χ1n) is 15.8. The van der Waals surface area contributed by atoms with E-state index in [4.69, 9.17) is 9.97 Å². The average molecular weight is 823 g/mol. The van der Waals surface area contributed by atoms with E-state index in [1.54, 1.807) is 12.1 Å². The van der Waals surface area contributed by atoms with Crippen LogP contribution in [0.4, 0.5) is 0 Å². The molecule has 0 saturated carbocycles. The first kappa shape index (κ1) is 33.8. The van der Waals surface area contributed by atoms with Gasteiger partial charge in [0.05, 0.1) is 22.7 Å². The number of aromatic nitrogens is 3. The second-order valence-corrected chi connectivity index (χ2v) is 11.1. The maximum Gasteiger partial charge on any atom is 3.00 e. The molecule has 50 heavy (non-hydrogen) atoms. The van der Waals surface area contributed by atoms with Gasteiger partial charge in [-0.05, 0) is 57.2 Å². The minimum Gasteiger partial charge on any atom is -0.543 e. The summed E-state index contributed by atoms with van der Waals surface area (Å²) in [7, 11) is 0. The molecular formula is C44H28IrN3O2. The predicted molar refractivity (Wildman–Crippen MR) is 196 cm³/mol. The van der Waals surface area contributed by atoms with E-state index in [0.29, 0.717) is 0 Å². The van der Waals surface area contributed by atoms with Crippen LogP contribution in [0, 0.1) is 12.1 Å². The Morgan fingerprint density at radius 3 is 1.24 bits per heavy atom. The molecular weight excluding hydrogens is 795 g/mol. The number of hydrogen-bond acceptors (Lipinski definition) is 5. The van der Waals surface area contributed by atoms with Gasteiger partial charge in [0.15, 0.2) is 0 Å². The van der Waals surface area contributed by atoms with E-state index in [9.17, 15) is 9.90 Å². The van der Waals surface area contributed by atoms with Crippen LogP contribution in [-0.4, -0.2) is 20.9 Å². The van der Waals surface area contributed by atoms with Crippen LogP contribution in [0.5, 0.6) is 0 Å². The number of carboxylic acids is 1. The van der Waals surface area contributed by atoms with Crippen molar-refractivity contribution >= 4 is 49.3 Å². The zero-order chi connectivity index (χ0) is 33.4. The molecule has 0 N–H and O–H groups in total. The molecule has 0 aliphatic heterocycles. The fourth-order valence-corrected chi connectivity index (χ4v) is 5.78. The Hall–Kier alpha value is -6.07. The minimum atomic E-state index is -1.24. The van der Waals surface area contributed by atoms with Gasteiger partial charge in [-0.3, -0.25) is 15.0 Å². The number of benzene rings is 6. The Morgan fingerprint density at radius 2 is 0.860 bits per heavy atom. The molecule has 0 amide bonds. The van der Waals surface area contributed by atoms with Gasteiger partial charge in [-0.2, -0.15) is 0 Å². The summed E-state index contributed by atoms with van der Waals surface area (Å²) in [4.78, 5) is 23.2. The zero-order valence-electron chi connectivity index (χ0n) is 26.7. The van der Waals surface area contributed by atoms with Gasteiger partial charge in [-0.25, -0.2) is 0 Å². The standard InChI is InChI=1S/2C19H12N.C6H5NO2.Ir/c2*1-2-8-14(9-3-1)19-17-12-5-4-10-15(17)16-11-6-7-13-18(16)20-19;8-6(9)5-3-1-2-4-7-5;/h2*1-8,10-13H;1-4H,(H,8,9);/q2*-1;;+3/p-1. The molecule has 0 saturated heterocycles. The van der Waals surface area contributed by atoms with E-state index in [0.717, 1.165) is 33.5 Å². The summed E-state index contributed by atoms with van der Waals surface area (Å²) >= 11 is 0. The van der Waals surface area contributed by atoms with Crippen LogP contribution in [0.3, 0.4) is 0 Å². The van der Waals surface area contributed by atoms with E-state index in [1.807, 2.05) is 48.5 Å². The maximum absolute atomic E-state index is 10.0. The van der Waals surface area contributed by atoms with Crippen molar-refractivity contribution in [3.8, 4) is 22.5 Å². The second-order valence-electron chi connectivity index (χ2n) is 11.1. The molecule has 0 fully saturated rings. The molecule has 6 heteroatoms. The number of carboxylic acid groups (broad SMARTS) is 1. The summed E-state index contributed by atoms with van der Waals surface area (Å²) in [5.74, 6) is -1.24. The summed E-state index contributed by atoms with van der Waals surface area (Å²) in [5.41, 5.74) is 6.10. The number of carbonyl (C=O) groups excluding carboxylic acids is 1. The molecule has 3 heterocycles. The number of nitrogens with zero attached hydrogens (tertiary/aromatic N) is 3. The van der Waals surface area contributed by atoms with E-state index < -0.39 is 5.97 Å². The number of rotatable bonds is 3. The van der Waals surface area contributed by atoms with E-state index in [-0.39, 0.29) is 25.8 Å². The Labute approximate surface area is 303 Å². The van der Waals surface area contributed by atoms with Crippen molar-refractivity contribution in [1.82, 2.24) is 15.0 Å². The van der Waals surface area contributed by atoms with Gasteiger partial charge in [-0.15, -0.1) is 71.8 Å². The third kappa shape index (κ3) is 7.32. The first-order valence-corrected chi connectivity index (χ1v) is 15.8. The molecule has 0 aliphatic carbocycles. The van der Waals surface area contributed by atoms with Crippen molar-refractivity contribution < 1.29 is 30.0 Å². The van der Waals surface area contributed by atoms with Gasteiger partial charge in [0.1, 0.15) is 0 Å². The van der Waals surface area contributed by atoms with Gasteiger partial charge in [0.25, 0.3) is 0 Å². The number of pyridine rings is 3. The van der Waals surface area contributed by atoms with Gasteiger partial charge in [0, 0.05) is 17.0 Å². The first-order chi connectivity index (χ1) is 24.2. The van der Waals surface area contributed by atoms with Crippen LogP contribution >= 0.6 is 0 Å².